The van der Waals surface area contributed by atoms with E-state index in [2.05, 4.69) is 21.2 Å². The zero-order valence-electron chi connectivity index (χ0n) is 11.7. The predicted octanol–water partition coefficient (Wildman–Crippen LogP) is 0.916. The van der Waals surface area contributed by atoms with Gasteiger partial charge in [-0.1, -0.05) is 0 Å². The molecule has 0 fully saturated rings. The van der Waals surface area contributed by atoms with E-state index in [-0.39, 0.29) is 12.3 Å². The molecule has 0 unspecified atom stereocenters. The smallest absolute Gasteiger partial charge is 0.244 e. The Morgan fingerprint density at radius 2 is 2.30 bits per heavy atom. The number of ether oxygens (including phenoxy) is 1. The number of amides is 1. The molecule has 1 aromatic rings. The molecule has 0 saturated carbocycles. The van der Waals surface area contributed by atoms with Crippen molar-refractivity contribution in [1.29, 1.82) is 0 Å². The molecule has 1 amide bonds. The highest BCUT2D eigenvalue weighted by atomic mass is 32.1. The quantitative estimate of drug-likeness (QED) is 0.394. The molecule has 6 nitrogen and oxygen atoms in total. The summed E-state index contributed by atoms with van der Waals surface area (Å²) in [5.74, 6) is -0.172. The number of aryl methyl sites for hydroxylation is 1. The van der Waals surface area contributed by atoms with Crippen LogP contribution in [0.1, 0.15) is 24.0 Å². The van der Waals surface area contributed by atoms with Crippen molar-refractivity contribution in [2.24, 2.45) is 0 Å². The molecule has 0 aliphatic rings. The SMILES string of the molecule is CCOCCCNC(=S)NNC(=O)Cc1csc(C)n1. The van der Waals surface area contributed by atoms with E-state index in [1.165, 1.54) is 11.3 Å². The third-order valence-electron chi connectivity index (χ3n) is 2.28. The van der Waals surface area contributed by atoms with Gasteiger partial charge < -0.3 is 10.1 Å². The van der Waals surface area contributed by atoms with Gasteiger partial charge in [0.1, 0.15) is 0 Å². The maximum Gasteiger partial charge on any atom is 0.244 e. The molecule has 1 heterocycles. The number of hydrazine groups is 1. The third-order valence-corrected chi connectivity index (χ3v) is 3.35. The van der Waals surface area contributed by atoms with E-state index in [4.69, 9.17) is 17.0 Å². The van der Waals surface area contributed by atoms with Crippen molar-refractivity contribution < 1.29 is 9.53 Å². The lowest BCUT2D eigenvalue weighted by Crippen LogP contribution is -2.47. The van der Waals surface area contributed by atoms with Crippen LogP contribution >= 0.6 is 23.6 Å². The Bertz CT molecular complexity index is 437. The molecule has 0 aromatic carbocycles. The fourth-order valence-corrected chi connectivity index (χ4v) is 2.15. The number of carbonyl (C=O) groups excluding carboxylic acids is 1. The van der Waals surface area contributed by atoms with Crippen LogP contribution in [-0.2, 0) is 16.0 Å². The minimum absolute atomic E-state index is 0.172. The van der Waals surface area contributed by atoms with Gasteiger partial charge in [-0.3, -0.25) is 15.6 Å². The monoisotopic (exact) mass is 316 g/mol. The highest BCUT2D eigenvalue weighted by Crippen LogP contribution is 2.07. The molecule has 0 saturated heterocycles. The highest BCUT2D eigenvalue weighted by molar-refractivity contribution is 7.80. The van der Waals surface area contributed by atoms with E-state index >= 15 is 0 Å². The van der Waals surface area contributed by atoms with Crippen LogP contribution in [-0.4, -0.2) is 35.8 Å². The summed E-state index contributed by atoms with van der Waals surface area (Å²) in [6.45, 7) is 5.98. The second-order valence-corrected chi connectivity index (χ2v) is 5.48. The number of hydrogen-bond donors (Lipinski definition) is 3. The molecule has 0 spiro atoms. The Morgan fingerprint density at radius 3 is 2.95 bits per heavy atom. The minimum Gasteiger partial charge on any atom is -0.382 e. The average Bonchev–Trinajstić information content (AvgIpc) is 2.81. The standard InChI is InChI=1S/C12H20N4O2S2/c1-3-18-6-4-5-13-12(19)16-15-11(17)7-10-8-20-9(2)14-10/h8H,3-7H2,1-2H3,(H,15,17)(H2,13,16,19). The van der Waals surface area contributed by atoms with Crippen molar-refractivity contribution in [3.05, 3.63) is 16.1 Å². The molecule has 1 aromatic heterocycles. The van der Waals surface area contributed by atoms with Crippen LogP contribution in [0.5, 0.6) is 0 Å². The molecule has 3 N–H and O–H groups in total. The largest absolute Gasteiger partial charge is 0.382 e. The van der Waals surface area contributed by atoms with Crippen LogP contribution in [0.25, 0.3) is 0 Å². The molecule has 0 bridgehead atoms. The van der Waals surface area contributed by atoms with Gasteiger partial charge in [0.25, 0.3) is 0 Å². The number of thiocarbonyl (C=S) groups is 1. The first-order chi connectivity index (χ1) is 9.61. The zero-order chi connectivity index (χ0) is 14.8. The molecule has 112 valence electrons. The molecule has 0 radical (unpaired) electrons. The molecule has 0 aliphatic carbocycles. The van der Waals surface area contributed by atoms with Crippen molar-refractivity contribution in [2.75, 3.05) is 19.8 Å². The third kappa shape index (κ3) is 7.37. The Balaban J connectivity index is 2.09. The van der Waals surface area contributed by atoms with Gasteiger partial charge in [-0.25, -0.2) is 4.98 Å². The number of hydrogen-bond acceptors (Lipinski definition) is 5. The van der Waals surface area contributed by atoms with Crippen molar-refractivity contribution in [3.63, 3.8) is 0 Å². The van der Waals surface area contributed by atoms with Crippen LogP contribution in [0.2, 0.25) is 0 Å². The number of nitrogens with zero attached hydrogens (tertiary/aromatic N) is 1. The molecule has 1 rings (SSSR count). The van der Waals surface area contributed by atoms with Crippen molar-refractivity contribution in [2.45, 2.75) is 26.7 Å². The van der Waals surface area contributed by atoms with E-state index < -0.39 is 0 Å². The normalized spacial score (nSPS) is 10.1. The van der Waals surface area contributed by atoms with Gasteiger partial charge in [-0.05, 0) is 32.5 Å². The van der Waals surface area contributed by atoms with E-state index in [0.717, 1.165) is 23.7 Å². The van der Waals surface area contributed by atoms with Gasteiger partial charge in [-0.15, -0.1) is 11.3 Å². The number of carbonyl (C=O) groups is 1. The molecular formula is C12H20N4O2S2. The van der Waals surface area contributed by atoms with Gasteiger partial charge in [0.05, 0.1) is 17.1 Å². The lowest BCUT2D eigenvalue weighted by atomic mass is 10.3. The second kappa shape index (κ2) is 9.62. The van der Waals surface area contributed by atoms with E-state index in [1.54, 1.807) is 0 Å². The molecule has 0 aliphatic heterocycles. The summed E-state index contributed by atoms with van der Waals surface area (Å²) in [5.41, 5.74) is 5.96. The van der Waals surface area contributed by atoms with Crippen molar-refractivity contribution in [1.82, 2.24) is 21.2 Å². The Hall–Kier alpha value is -1.25. The van der Waals surface area contributed by atoms with Gasteiger partial charge >= 0.3 is 0 Å². The predicted molar refractivity (Wildman–Crippen MR) is 83.5 cm³/mol. The van der Waals surface area contributed by atoms with Gasteiger partial charge in [0.2, 0.25) is 5.91 Å². The topological polar surface area (TPSA) is 75.3 Å². The summed E-state index contributed by atoms with van der Waals surface area (Å²) in [7, 11) is 0. The minimum atomic E-state index is -0.172. The first kappa shape index (κ1) is 16.8. The summed E-state index contributed by atoms with van der Waals surface area (Å²) in [6, 6.07) is 0. The first-order valence-electron chi connectivity index (χ1n) is 6.43. The fraction of sp³-hybridized carbons (Fsp3) is 0.583. The molecule has 0 atom stereocenters. The second-order valence-electron chi connectivity index (χ2n) is 4.01. The number of nitrogens with one attached hydrogen (secondary N) is 3. The first-order valence-corrected chi connectivity index (χ1v) is 7.72. The number of thiazole rings is 1. The van der Waals surface area contributed by atoms with Crippen LogP contribution in [0.4, 0.5) is 0 Å². The summed E-state index contributed by atoms with van der Waals surface area (Å²) >= 11 is 6.55. The maximum atomic E-state index is 11.6. The average molecular weight is 316 g/mol. The summed E-state index contributed by atoms with van der Waals surface area (Å²) in [5, 5.41) is 6.20. The fourth-order valence-electron chi connectivity index (χ4n) is 1.39. The maximum absolute atomic E-state index is 11.6. The van der Waals surface area contributed by atoms with Gasteiger partial charge in [0.15, 0.2) is 5.11 Å². The zero-order valence-corrected chi connectivity index (χ0v) is 13.3. The van der Waals surface area contributed by atoms with Crippen molar-refractivity contribution >= 4 is 34.6 Å². The highest BCUT2D eigenvalue weighted by Gasteiger charge is 2.06. The number of rotatable bonds is 7. The van der Waals surface area contributed by atoms with Crippen LogP contribution in [0.15, 0.2) is 5.38 Å². The summed E-state index contributed by atoms with van der Waals surface area (Å²) in [6.07, 6.45) is 1.10. The van der Waals surface area contributed by atoms with Crippen LogP contribution < -0.4 is 16.2 Å². The number of aromatic nitrogens is 1. The summed E-state index contributed by atoms with van der Waals surface area (Å²) < 4.78 is 5.20. The van der Waals surface area contributed by atoms with E-state index in [0.29, 0.717) is 18.3 Å². The Morgan fingerprint density at radius 1 is 1.50 bits per heavy atom. The Kier molecular flexibility index (Phi) is 8.08. The van der Waals surface area contributed by atoms with Gasteiger partial charge in [0, 0.05) is 25.1 Å². The van der Waals surface area contributed by atoms with Crippen LogP contribution in [0.3, 0.4) is 0 Å². The van der Waals surface area contributed by atoms with Crippen LogP contribution in [0, 0.1) is 6.92 Å². The van der Waals surface area contributed by atoms with E-state index in [1.807, 2.05) is 19.2 Å². The van der Waals surface area contributed by atoms with Gasteiger partial charge in [-0.2, -0.15) is 0 Å². The van der Waals surface area contributed by atoms with E-state index in [9.17, 15) is 4.79 Å². The Labute approximate surface area is 128 Å². The van der Waals surface area contributed by atoms with Crippen molar-refractivity contribution in [3.8, 4) is 0 Å². The lowest BCUT2D eigenvalue weighted by molar-refractivity contribution is -0.121. The molecular weight excluding hydrogens is 296 g/mol. The summed E-state index contributed by atoms with van der Waals surface area (Å²) in [4.78, 5) is 15.8. The molecule has 8 heteroatoms. The molecule has 20 heavy (non-hydrogen) atoms. The lowest BCUT2D eigenvalue weighted by Gasteiger charge is -2.11.